The quantitative estimate of drug-likeness (QED) is 0.152. The van der Waals surface area contributed by atoms with Gasteiger partial charge in [-0.3, -0.25) is 9.59 Å². The van der Waals surface area contributed by atoms with Gasteiger partial charge in [-0.1, -0.05) is 64.0 Å². The van der Waals surface area contributed by atoms with Crippen LogP contribution in [0.3, 0.4) is 0 Å². The molecule has 0 fully saturated rings. The van der Waals surface area contributed by atoms with Crippen LogP contribution in [0, 0.1) is 0 Å². The average molecular weight is 432 g/mol. The van der Waals surface area contributed by atoms with Crippen molar-refractivity contribution in [1.82, 2.24) is 5.32 Å². The van der Waals surface area contributed by atoms with Crippen molar-refractivity contribution in [2.24, 2.45) is 0 Å². The summed E-state index contributed by atoms with van der Waals surface area (Å²) in [6.07, 6.45) is 17.7. The molecule has 0 radical (unpaired) electrons. The number of hydrogen-bond donors (Lipinski definition) is 3. The third-order valence-electron chi connectivity index (χ3n) is 5.38. The van der Waals surface area contributed by atoms with E-state index in [1.807, 2.05) is 6.08 Å². The fraction of sp³-hybridized carbons (Fsp3) is 0.615. The lowest BCUT2D eigenvalue weighted by Crippen LogP contribution is -2.25. The molecule has 5 heteroatoms. The number of ketones is 1. The SMILES string of the molecule is CCCCCCC/C=C/C(=O)CCCCCCCC(=O)NCCc1ccc(O)c(O)c1. The lowest BCUT2D eigenvalue weighted by atomic mass is 10.1. The number of allylic oxidation sites excluding steroid dienone is 2. The molecule has 0 aliphatic rings. The van der Waals surface area contributed by atoms with E-state index in [0.29, 0.717) is 25.8 Å². The first-order valence-corrected chi connectivity index (χ1v) is 12.0. The molecule has 1 aromatic carbocycles. The van der Waals surface area contributed by atoms with Gasteiger partial charge in [-0.2, -0.15) is 0 Å². The number of nitrogens with one attached hydrogen (secondary N) is 1. The van der Waals surface area contributed by atoms with Gasteiger partial charge in [0.05, 0.1) is 0 Å². The second-order valence-corrected chi connectivity index (χ2v) is 8.26. The first-order valence-electron chi connectivity index (χ1n) is 12.0. The molecule has 174 valence electrons. The summed E-state index contributed by atoms with van der Waals surface area (Å²) in [6.45, 7) is 2.73. The maximum absolute atomic E-state index is 11.9. The van der Waals surface area contributed by atoms with Crippen molar-refractivity contribution in [2.45, 2.75) is 96.8 Å². The van der Waals surface area contributed by atoms with Crippen LogP contribution in [0.2, 0.25) is 0 Å². The van der Waals surface area contributed by atoms with Crippen molar-refractivity contribution in [3.8, 4) is 11.5 Å². The first-order chi connectivity index (χ1) is 15.0. The zero-order valence-electron chi connectivity index (χ0n) is 19.2. The summed E-state index contributed by atoms with van der Waals surface area (Å²) in [5.74, 6) is -0.00553. The van der Waals surface area contributed by atoms with E-state index >= 15 is 0 Å². The summed E-state index contributed by atoms with van der Waals surface area (Å²) < 4.78 is 0. The van der Waals surface area contributed by atoms with E-state index in [-0.39, 0.29) is 23.2 Å². The standard InChI is InChI=1S/C26H41NO4/c1-2-3-4-5-6-8-11-14-23(28)15-12-9-7-10-13-16-26(31)27-20-19-22-17-18-24(29)25(30)21-22/h11,14,17-18,21,29-30H,2-10,12-13,15-16,19-20H2,1H3,(H,27,31)/b14-11+. The normalized spacial score (nSPS) is 11.1. The van der Waals surface area contributed by atoms with Crippen LogP contribution < -0.4 is 5.32 Å². The molecule has 1 rings (SSSR count). The van der Waals surface area contributed by atoms with Crippen LogP contribution in [0.15, 0.2) is 30.4 Å². The molecule has 0 aliphatic carbocycles. The molecule has 0 saturated carbocycles. The van der Waals surface area contributed by atoms with Crippen molar-refractivity contribution < 1.29 is 19.8 Å². The predicted molar refractivity (Wildman–Crippen MR) is 126 cm³/mol. The summed E-state index contributed by atoms with van der Waals surface area (Å²) in [5.41, 5.74) is 0.868. The number of aromatic hydroxyl groups is 2. The van der Waals surface area contributed by atoms with Gasteiger partial charge in [-0.25, -0.2) is 0 Å². The van der Waals surface area contributed by atoms with E-state index in [1.54, 1.807) is 12.1 Å². The molecule has 5 nitrogen and oxygen atoms in total. The maximum Gasteiger partial charge on any atom is 0.220 e. The minimum atomic E-state index is -0.139. The Hall–Kier alpha value is -2.30. The molecule has 1 aromatic rings. The van der Waals surface area contributed by atoms with Crippen molar-refractivity contribution in [3.63, 3.8) is 0 Å². The summed E-state index contributed by atoms with van der Waals surface area (Å²) in [6, 6.07) is 4.69. The maximum atomic E-state index is 11.9. The molecule has 0 spiro atoms. The average Bonchev–Trinajstić information content (AvgIpc) is 2.75. The summed E-state index contributed by atoms with van der Waals surface area (Å²) in [5, 5.41) is 21.6. The molecule has 0 unspecified atom stereocenters. The Balaban J connectivity index is 1.94. The molecule has 0 bridgehead atoms. The van der Waals surface area contributed by atoms with E-state index in [4.69, 9.17) is 0 Å². The second-order valence-electron chi connectivity index (χ2n) is 8.26. The third kappa shape index (κ3) is 14.4. The summed E-state index contributed by atoms with van der Waals surface area (Å²) in [4.78, 5) is 23.7. The highest BCUT2D eigenvalue weighted by molar-refractivity contribution is 5.89. The highest BCUT2D eigenvalue weighted by Crippen LogP contribution is 2.24. The van der Waals surface area contributed by atoms with Gasteiger partial charge in [0.1, 0.15) is 0 Å². The van der Waals surface area contributed by atoms with Gasteiger partial charge in [0, 0.05) is 19.4 Å². The molecule has 0 heterocycles. The van der Waals surface area contributed by atoms with Crippen LogP contribution >= 0.6 is 0 Å². The van der Waals surface area contributed by atoms with Crippen LogP contribution in [-0.2, 0) is 16.0 Å². The predicted octanol–water partition coefficient (Wildman–Crippen LogP) is 5.97. The zero-order chi connectivity index (χ0) is 22.7. The molecule has 31 heavy (non-hydrogen) atoms. The summed E-state index contributed by atoms with van der Waals surface area (Å²) >= 11 is 0. The molecule has 1 amide bonds. The number of benzene rings is 1. The Morgan fingerprint density at radius 2 is 1.55 bits per heavy atom. The van der Waals surface area contributed by atoms with Gasteiger partial charge in [-0.15, -0.1) is 0 Å². The number of unbranched alkanes of at least 4 members (excludes halogenated alkanes) is 9. The second kappa shape index (κ2) is 17.4. The van der Waals surface area contributed by atoms with Crippen LogP contribution in [0.1, 0.15) is 96.0 Å². The van der Waals surface area contributed by atoms with Gasteiger partial charge < -0.3 is 15.5 Å². The zero-order valence-corrected chi connectivity index (χ0v) is 19.2. The molecular weight excluding hydrogens is 390 g/mol. The Bertz CT molecular complexity index is 669. The lowest BCUT2D eigenvalue weighted by Gasteiger charge is -2.06. The van der Waals surface area contributed by atoms with Crippen molar-refractivity contribution >= 4 is 11.7 Å². The largest absolute Gasteiger partial charge is 0.504 e. The van der Waals surface area contributed by atoms with Crippen LogP contribution in [0.5, 0.6) is 11.5 Å². The Morgan fingerprint density at radius 1 is 0.871 bits per heavy atom. The Labute approximate surface area is 188 Å². The molecule has 0 atom stereocenters. The number of phenolic OH excluding ortho intramolecular Hbond substituents is 2. The van der Waals surface area contributed by atoms with Gasteiger partial charge in [0.2, 0.25) is 5.91 Å². The lowest BCUT2D eigenvalue weighted by molar-refractivity contribution is -0.121. The van der Waals surface area contributed by atoms with Gasteiger partial charge in [-0.05, 0) is 55.9 Å². The number of carbonyl (C=O) groups excluding carboxylic acids is 2. The molecule has 0 aliphatic heterocycles. The van der Waals surface area contributed by atoms with E-state index < -0.39 is 0 Å². The monoisotopic (exact) mass is 431 g/mol. The van der Waals surface area contributed by atoms with Gasteiger partial charge in [0.15, 0.2) is 17.3 Å². The fourth-order valence-electron chi connectivity index (χ4n) is 3.44. The smallest absolute Gasteiger partial charge is 0.220 e. The van der Waals surface area contributed by atoms with Crippen LogP contribution in [0.4, 0.5) is 0 Å². The number of carbonyl (C=O) groups is 2. The Kier molecular flexibility index (Phi) is 15.0. The van der Waals surface area contributed by atoms with Crippen molar-refractivity contribution in [3.05, 3.63) is 35.9 Å². The number of hydrogen-bond acceptors (Lipinski definition) is 4. The minimum Gasteiger partial charge on any atom is -0.504 e. The Morgan fingerprint density at radius 3 is 2.29 bits per heavy atom. The van der Waals surface area contributed by atoms with Crippen molar-refractivity contribution in [2.75, 3.05) is 6.54 Å². The van der Waals surface area contributed by atoms with Crippen molar-refractivity contribution in [1.29, 1.82) is 0 Å². The molecular formula is C26H41NO4. The van der Waals surface area contributed by atoms with E-state index in [1.165, 1.54) is 44.2 Å². The van der Waals surface area contributed by atoms with Gasteiger partial charge >= 0.3 is 0 Å². The number of rotatable bonds is 18. The molecule has 0 saturated heterocycles. The van der Waals surface area contributed by atoms with Crippen LogP contribution in [-0.4, -0.2) is 28.4 Å². The first kappa shape index (κ1) is 26.7. The number of amides is 1. The van der Waals surface area contributed by atoms with Gasteiger partial charge in [0.25, 0.3) is 0 Å². The third-order valence-corrected chi connectivity index (χ3v) is 5.38. The van der Waals surface area contributed by atoms with E-state index in [9.17, 15) is 19.8 Å². The van der Waals surface area contributed by atoms with Crippen LogP contribution in [0.25, 0.3) is 0 Å². The van der Waals surface area contributed by atoms with E-state index in [0.717, 1.165) is 44.1 Å². The molecule has 3 N–H and O–H groups in total. The van der Waals surface area contributed by atoms with E-state index in [2.05, 4.69) is 12.2 Å². The highest BCUT2D eigenvalue weighted by atomic mass is 16.3. The number of phenols is 2. The fourth-order valence-corrected chi connectivity index (χ4v) is 3.44. The summed E-state index contributed by atoms with van der Waals surface area (Å²) in [7, 11) is 0. The molecule has 0 aromatic heterocycles. The minimum absolute atomic E-state index is 0.0398. The topological polar surface area (TPSA) is 86.6 Å². The highest BCUT2D eigenvalue weighted by Gasteiger charge is 2.04.